The Labute approximate surface area is 116 Å². The lowest BCUT2D eigenvalue weighted by molar-refractivity contribution is 0.967. The van der Waals surface area contributed by atoms with Crippen LogP contribution < -0.4 is 5.73 Å². The molecule has 0 aliphatic carbocycles. The van der Waals surface area contributed by atoms with Crippen LogP contribution in [0, 0.1) is 3.57 Å². The second-order valence-electron chi connectivity index (χ2n) is 3.33. The molecule has 0 aliphatic rings. The lowest BCUT2D eigenvalue weighted by Gasteiger charge is -2.03. The summed E-state index contributed by atoms with van der Waals surface area (Å²) in [6, 6.07) is 8.09. The molecule has 16 heavy (non-hydrogen) atoms. The maximum atomic E-state index is 5.74. The number of nitrogen functional groups attached to an aromatic ring is 1. The van der Waals surface area contributed by atoms with Gasteiger partial charge in [-0.15, -0.1) is 0 Å². The topological polar surface area (TPSA) is 51.8 Å². The van der Waals surface area contributed by atoms with Gasteiger partial charge >= 0.3 is 0 Å². The van der Waals surface area contributed by atoms with Crippen LogP contribution in [0.3, 0.4) is 0 Å². The molecule has 3 nitrogen and oxygen atoms in total. The molecule has 5 heteroatoms. The Bertz CT molecular complexity index is 516. The van der Waals surface area contributed by atoms with Gasteiger partial charge in [0, 0.05) is 17.1 Å². The Hall–Kier alpha value is -0.690. The number of hydrogen-bond acceptors (Lipinski definition) is 3. The van der Waals surface area contributed by atoms with Crippen molar-refractivity contribution in [3.8, 4) is 0 Å². The third-order valence-electron chi connectivity index (χ3n) is 2.07. The van der Waals surface area contributed by atoms with E-state index in [1.807, 2.05) is 18.2 Å². The largest absolute Gasteiger partial charge is 0.383 e. The summed E-state index contributed by atoms with van der Waals surface area (Å²) in [7, 11) is 0. The monoisotopic (exact) mass is 389 g/mol. The normalized spacial score (nSPS) is 10.4. The Morgan fingerprint density at radius 1 is 1.38 bits per heavy atom. The summed E-state index contributed by atoms with van der Waals surface area (Å²) in [4.78, 5) is 8.49. The van der Waals surface area contributed by atoms with E-state index < -0.39 is 0 Å². The fraction of sp³-hybridized carbons (Fsp3) is 0.0909. The van der Waals surface area contributed by atoms with Crippen LogP contribution in [0.25, 0.3) is 0 Å². The first-order chi connectivity index (χ1) is 7.65. The van der Waals surface area contributed by atoms with Crippen LogP contribution in [0.2, 0.25) is 0 Å². The molecule has 82 valence electrons. The van der Waals surface area contributed by atoms with Crippen molar-refractivity contribution in [3.05, 3.63) is 49.9 Å². The summed E-state index contributed by atoms with van der Waals surface area (Å²) in [6.07, 6.45) is 2.44. The highest BCUT2D eigenvalue weighted by molar-refractivity contribution is 14.1. The van der Waals surface area contributed by atoms with Gasteiger partial charge < -0.3 is 5.73 Å². The van der Waals surface area contributed by atoms with Gasteiger partial charge in [-0.1, -0.05) is 28.1 Å². The van der Waals surface area contributed by atoms with Crippen LogP contribution in [-0.4, -0.2) is 9.97 Å². The van der Waals surface area contributed by atoms with Crippen molar-refractivity contribution in [3.63, 3.8) is 0 Å². The number of benzene rings is 1. The minimum absolute atomic E-state index is 0.542. The highest BCUT2D eigenvalue weighted by Crippen LogP contribution is 2.15. The smallest absolute Gasteiger partial charge is 0.140 e. The molecule has 0 atom stereocenters. The van der Waals surface area contributed by atoms with Gasteiger partial charge in [-0.25, -0.2) is 9.97 Å². The molecule has 0 spiro atoms. The zero-order valence-corrected chi connectivity index (χ0v) is 12.1. The standard InChI is InChI=1S/C11H9BrIN3/c12-8-3-1-2-7(4-8)5-10-15-6-9(13)11(14)16-10/h1-4,6H,5H2,(H2,14,15,16). The second kappa shape index (κ2) is 5.09. The van der Waals surface area contributed by atoms with Crippen molar-refractivity contribution < 1.29 is 0 Å². The van der Waals surface area contributed by atoms with E-state index in [0.29, 0.717) is 12.2 Å². The fourth-order valence-electron chi connectivity index (χ4n) is 1.33. The molecule has 0 amide bonds. The van der Waals surface area contributed by atoms with E-state index in [-0.39, 0.29) is 0 Å². The number of anilines is 1. The van der Waals surface area contributed by atoms with Crippen molar-refractivity contribution in [2.24, 2.45) is 0 Å². The van der Waals surface area contributed by atoms with Crippen LogP contribution in [0.15, 0.2) is 34.9 Å². The van der Waals surface area contributed by atoms with Gasteiger partial charge in [0.15, 0.2) is 0 Å². The lowest BCUT2D eigenvalue weighted by Crippen LogP contribution is -2.02. The first-order valence-electron chi connectivity index (χ1n) is 4.66. The Kier molecular flexibility index (Phi) is 3.75. The third kappa shape index (κ3) is 2.91. The van der Waals surface area contributed by atoms with Crippen molar-refractivity contribution in [2.75, 3.05) is 5.73 Å². The van der Waals surface area contributed by atoms with Gasteiger partial charge in [-0.3, -0.25) is 0 Å². The first kappa shape index (κ1) is 11.8. The Morgan fingerprint density at radius 2 is 2.19 bits per heavy atom. The van der Waals surface area contributed by atoms with Crippen LogP contribution in [0.5, 0.6) is 0 Å². The van der Waals surface area contributed by atoms with Crippen molar-refractivity contribution >= 4 is 44.3 Å². The van der Waals surface area contributed by atoms with E-state index in [9.17, 15) is 0 Å². The summed E-state index contributed by atoms with van der Waals surface area (Å²) in [6.45, 7) is 0. The average molecular weight is 390 g/mol. The summed E-state index contributed by atoms with van der Waals surface area (Å²) in [5.41, 5.74) is 6.90. The second-order valence-corrected chi connectivity index (χ2v) is 5.40. The van der Waals surface area contributed by atoms with Gasteiger partial charge in [0.2, 0.25) is 0 Å². The van der Waals surface area contributed by atoms with Gasteiger partial charge in [0.1, 0.15) is 11.6 Å². The molecule has 2 N–H and O–H groups in total. The number of hydrogen-bond donors (Lipinski definition) is 1. The highest BCUT2D eigenvalue weighted by Gasteiger charge is 2.03. The van der Waals surface area contributed by atoms with Crippen molar-refractivity contribution in [2.45, 2.75) is 6.42 Å². The molecular weight excluding hydrogens is 381 g/mol. The van der Waals surface area contributed by atoms with Crippen LogP contribution in [0.1, 0.15) is 11.4 Å². The van der Waals surface area contributed by atoms with E-state index in [4.69, 9.17) is 5.73 Å². The molecule has 0 bridgehead atoms. The van der Waals surface area contributed by atoms with Crippen LogP contribution in [-0.2, 0) is 6.42 Å². The predicted octanol–water partition coefficient (Wildman–Crippen LogP) is 3.02. The third-order valence-corrected chi connectivity index (χ3v) is 3.40. The van der Waals surface area contributed by atoms with E-state index >= 15 is 0 Å². The molecule has 1 aromatic heterocycles. The van der Waals surface area contributed by atoms with E-state index in [1.165, 1.54) is 0 Å². The van der Waals surface area contributed by atoms with Crippen molar-refractivity contribution in [1.82, 2.24) is 9.97 Å². The van der Waals surface area contributed by atoms with Crippen LogP contribution >= 0.6 is 38.5 Å². The zero-order chi connectivity index (χ0) is 11.5. The maximum Gasteiger partial charge on any atom is 0.140 e. The minimum atomic E-state index is 0.542. The number of nitrogens with two attached hydrogens (primary N) is 1. The minimum Gasteiger partial charge on any atom is -0.383 e. The summed E-state index contributed by atoms with van der Waals surface area (Å²) in [5, 5.41) is 0. The molecule has 1 aromatic carbocycles. The molecule has 0 fully saturated rings. The highest BCUT2D eigenvalue weighted by atomic mass is 127. The Morgan fingerprint density at radius 3 is 2.88 bits per heavy atom. The zero-order valence-electron chi connectivity index (χ0n) is 8.32. The summed E-state index contributed by atoms with van der Waals surface area (Å²) >= 11 is 5.55. The molecule has 0 saturated carbocycles. The molecule has 2 aromatic rings. The SMILES string of the molecule is Nc1nc(Cc2cccc(Br)c2)ncc1I. The van der Waals surface area contributed by atoms with Gasteiger partial charge in [-0.2, -0.15) is 0 Å². The Balaban J connectivity index is 2.24. The summed E-state index contributed by atoms with van der Waals surface area (Å²) < 4.78 is 1.94. The van der Waals surface area contributed by atoms with E-state index in [1.54, 1.807) is 6.20 Å². The number of aromatic nitrogens is 2. The van der Waals surface area contributed by atoms with Gasteiger partial charge in [-0.05, 0) is 40.3 Å². The first-order valence-corrected chi connectivity index (χ1v) is 6.53. The quantitative estimate of drug-likeness (QED) is 0.803. The molecule has 0 unspecified atom stereocenters. The maximum absolute atomic E-state index is 5.74. The van der Waals surface area contributed by atoms with Crippen LogP contribution in [0.4, 0.5) is 5.82 Å². The van der Waals surface area contributed by atoms with Gasteiger partial charge in [0.25, 0.3) is 0 Å². The molecule has 1 heterocycles. The average Bonchev–Trinajstić information content (AvgIpc) is 2.24. The molecular formula is C11H9BrIN3. The fourth-order valence-corrected chi connectivity index (χ4v) is 2.04. The number of rotatable bonds is 2. The lowest BCUT2D eigenvalue weighted by atomic mass is 10.1. The number of nitrogens with zero attached hydrogens (tertiary/aromatic N) is 2. The molecule has 0 saturated heterocycles. The molecule has 0 aliphatic heterocycles. The summed E-state index contributed by atoms with van der Waals surface area (Å²) in [5.74, 6) is 1.29. The predicted molar refractivity (Wildman–Crippen MR) is 76.1 cm³/mol. The molecule has 0 radical (unpaired) electrons. The van der Waals surface area contributed by atoms with Gasteiger partial charge in [0.05, 0.1) is 3.57 Å². The molecule has 2 rings (SSSR count). The van der Waals surface area contributed by atoms with Crippen molar-refractivity contribution in [1.29, 1.82) is 0 Å². The van der Waals surface area contributed by atoms with E-state index in [2.05, 4.69) is 54.6 Å². The van der Waals surface area contributed by atoms with E-state index in [0.717, 1.165) is 19.4 Å². The number of halogens is 2.